The fourth-order valence-corrected chi connectivity index (χ4v) is 2.33. The second-order valence-electron chi connectivity index (χ2n) is 4.26. The lowest BCUT2D eigenvalue weighted by Gasteiger charge is -2.43. The van der Waals surface area contributed by atoms with E-state index in [1.54, 1.807) is 19.1 Å². The van der Waals surface area contributed by atoms with Gasteiger partial charge in [0.1, 0.15) is 0 Å². The third-order valence-corrected chi connectivity index (χ3v) is 3.70. The maximum Gasteiger partial charge on any atom is 0.311 e. The molecule has 2 N–H and O–H groups in total. The highest BCUT2D eigenvalue weighted by Gasteiger charge is 2.57. The lowest BCUT2D eigenvalue weighted by molar-refractivity contribution is -0.173. The smallest absolute Gasteiger partial charge is 0.311 e. The summed E-state index contributed by atoms with van der Waals surface area (Å²) in [6.07, 6.45) is 4.42. The second-order valence-corrected chi connectivity index (χ2v) is 4.26. The Morgan fingerprint density at radius 3 is 2.07 bits per heavy atom. The van der Waals surface area contributed by atoms with E-state index in [1.165, 1.54) is 6.92 Å². The van der Waals surface area contributed by atoms with Gasteiger partial charge >= 0.3 is 11.9 Å². The minimum absolute atomic E-state index is 0.280. The van der Waals surface area contributed by atoms with E-state index < -0.39 is 22.8 Å². The molecule has 4 nitrogen and oxygen atoms in total. The molecule has 1 aliphatic carbocycles. The maximum absolute atomic E-state index is 11.3. The molecule has 0 aromatic rings. The average molecular weight is 212 g/mol. The Morgan fingerprint density at radius 1 is 1.20 bits per heavy atom. The molecule has 0 spiro atoms. The van der Waals surface area contributed by atoms with Gasteiger partial charge in [0.2, 0.25) is 0 Å². The SMILES string of the molecule is CC[C@]1(C(=O)O)CC=CC[C@]1(C)C(=O)O. The van der Waals surface area contributed by atoms with E-state index in [9.17, 15) is 19.8 Å². The number of aliphatic carboxylic acids is 2. The van der Waals surface area contributed by atoms with Crippen molar-refractivity contribution in [2.45, 2.75) is 33.1 Å². The second kappa shape index (κ2) is 3.68. The van der Waals surface area contributed by atoms with Crippen LogP contribution in [-0.4, -0.2) is 22.2 Å². The predicted molar refractivity (Wildman–Crippen MR) is 54.5 cm³/mol. The first-order valence-electron chi connectivity index (χ1n) is 5.02. The van der Waals surface area contributed by atoms with Crippen molar-refractivity contribution in [1.29, 1.82) is 0 Å². The maximum atomic E-state index is 11.3. The molecule has 0 radical (unpaired) electrons. The Morgan fingerprint density at radius 2 is 1.73 bits per heavy atom. The molecule has 0 saturated heterocycles. The van der Waals surface area contributed by atoms with Crippen LogP contribution >= 0.6 is 0 Å². The molecular weight excluding hydrogens is 196 g/mol. The van der Waals surface area contributed by atoms with Crippen LogP contribution in [0.25, 0.3) is 0 Å². The molecule has 0 aromatic heterocycles. The third kappa shape index (κ3) is 1.44. The summed E-state index contributed by atoms with van der Waals surface area (Å²) in [7, 11) is 0. The van der Waals surface area contributed by atoms with Gasteiger partial charge in [-0.25, -0.2) is 0 Å². The monoisotopic (exact) mass is 212 g/mol. The number of hydrogen-bond donors (Lipinski definition) is 2. The predicted octanol–water partition coefficient (Wildman–Crippen LogP) is 1.91. The zero-order valence-corrected chi connectivity index (χ0v) is 8.99. The van der Waals surface area contributed by atoms with Crippen LogP contribution in [0.4, 0.5) is 0 Å². The van der Waals surface area contributed by atoms with E-state index in [0.29, 0.717) is 12.8 Å². The fourth-order valence-electron chi connectivity index (χ4n) is 2.33. The van der Waals surface area contributed by atoms with Crippen LogP contribution in [0.3, 0.4) is 0 Å². The van der Waals surface area contributed by atoms with Crippen LogP contribution in [0.15, 0.2) is 12.2 Å². The first-order chi connectivity index (χ1) is 6.90. The van der Waals surface area contributed by atoms with Crippen molar-refractivity contribution in [3.05, 3.63) is 12.2 Å². The van der Waals surface area contributed by atoms with Gasteiger partial charge in [0.15, 0.2) is 0 Å². The topological polar surface area (TPSA) is 74.6 Å². The van der Waals surface area contributed by atoms with Crippen molar-refractivity contribution in [1.82, 2.24) is 0 Å². The van der Waals surface area contributed by atoms with Crippen molar-refractivity contribution in [2.75, 3.05) is 0 Å². The Hall–Kier alpha value is -1.32. The Kier molecular flexibility index (Phi) is 2.88. The van der Waals surface area contributed by atoms with E-state index >= 15 is 0 Å². The van der Waals surface area contributed by atoms with Gasteiger partial charge in [0.25, 0.3) is 0 Å². The van der Waals surface area contributed by atoms with Crippen molar-refractivity contribution < 1.29 is 19.8 Å². The van der Waals surface area contributed by atoms with E-state index in [4.69, 9.17) is 0 Å². The quantitative estimate of drug-likeness (QED) is 0.701. The molecule has 0 heterocycles. The van der Waals surface area contributed by atoms with Crippen LogP contribution < -0.4 is 0 Å². The molecule has 0 bridgehead atoms. The molecule has 1 aliphatic rings. The number of carboxylic acid groups (broad SMARTS) is 2. The van der Waals surface area contributed by atoms with Crippen LogP contribution in [0.2, 0.25) is 0 Å². The molecule has 2 atom stereocenters. The van der Waals surface area contributed by atoms with Crippen molar-refractivity contribution in [3.8, 4) is 0 Å². The molecule has 4 heteroatoms. The lowest BCUT2D eigenvalue weighted by Crippen LogP contribution is -2.51. The Bertz CT molecular complexity index is 321. The molecule has 84 valence electrons. The largest absolute Gasteiger partial charge is 0.481 e. The summed E-state index contributed by atoms with van der Waals surface area (Å²) in [6, 6.07) is 0. The zero-order chi connectivity index (χ0) is 11.7. The van der Waals surface area contributed by atoms with Crippen LogP contribution in [0.5, 0.6) is 0 Å². The van der Waals surface area contributed by atoms with Gasteiger partial charge in [-0.05, 0) is 26.2 Å². The number of carboxylic acids is 2. The van der Waals surface area contributed by atoms with Crippen LogP contribution in [0, 0.1) is 10.8 Å². The lowest BCUT2D eigenvalue weighted by atomic mass is 9.57. The van der Waals surface area contributed by atoms with Gasteiger partial charge in [0.05, 0.1) is 10.8 Å². The molecule has 0 unspecified atom stereocenters. The Labute approximate surface area is 88.6 Å². The third-order valence-electron chi connectivity index (χ3n) is 3.70. The van der Waals surface area contributed by atoms with Gasteiger partial charge < -0.3 is 10.2 Å². The molecule has 0 saturated carbocycles. The highest BCUT2D eigenvalue weighted by molar-refractivity contribution is 5.87. The van der Waals surface area contributed by atoms with E-state index in [-0.39, 0.29) is 6.42 Å². The normalized spacial score (nSPS) is 35.1. The first kappa shape index (κ1) is 11.8. The molecule has 0 aromatic carbocycles. The highest BCUT2D eigenvalue weighted by Crippen LogP contribution is 2.50. The van der Waals surface area contributed by atoms with Gasteiger partial charge in [-0.3, -0.25) is 9.59 Å². The number of allylic oxidation sites excluding steroid dienone is 2. The summed E-state index contributed by atoms with van der Waals surface area (Å²) in [5, 5.41) is 18.5. The van der Waals surface area contributed by atoms with Gasteiger partial charge in [-0.15, -0.1) is 0 Å². The summed E-state index contributed by atoms with van der Waals surface area (Å²) >= 11 is 0. The summed E-state index contributed by atoms with van der Waals surface area (Å²) in [6.45, 7) is 3.25. The van der Waals surface area contributed by atoms with Crippen molar-refractivity contribution in [2.24, 2.45) is 10.8 Å². The minimum atomic E-state index is -1.21. The summed E-state index contributed by atoms with van der Waals surface area (Å²) in [5.74, 6) is -2.05. The van der Waals surface area contributed by atoms with Gasteiger partial charge in [0, 0.05) is 0 Å². The van der Waals surface area contributed by atoms with Crippen molar-refractivity contribution >= 4 is 11.9 Å². The van der Waals surface area contributed by atoms with E-state index in [0.717, 1.165) is 0 Å². The number of rotatable bonds is 3. The zero-order valence-electron chi connectivity index (χ0n) is 8.99. The number of hydrogen-bond acceptors (Lipinski definition) is 2. The molecule has 0 aliphatic heterocycles. The molecule has 1 rings (SSSR count). The standard InChI is InChI=1S/C11H16O4/c1-3-11(9(14)15)7-5-4-6-10(11,2)8(12)13/h4-5H,3,6-7H2,1-2H3,(H,12,13)(H,14,15)/t10-,11-/m1/s1. The minimum Gasteiger partial charge on any atom is -0.481 e. The van der Waals surface area contributed by atoms with E-state index in [1.807, 2.05) is 0 Å². The summed E-state index contributed by atoms with van der Waals surface area (Å²) < 4.78 is 0. The first-order valence-corrected chi connectivity index (χ1v) is 5.02. The van der Waals surface area contributed by atoms with E-state index in [2.05, 4.69) is 0 Å². The van der Waals surface area contributed by atoms with Crippen molar-refractivity contribution in [3.63, 3.8) is 0 Å². The summed E-state index contributed by atoms with van der Waals surface area (Å²) in [4.78, 5) is 22.6. The molecule has 0 fully saturated rings. The Balaban J connectivity index is 3.28. The molecule has 15 heavy (non-hydrogen) atoms. The number of carbonyl (C=O) groups is 2. The van der Waals surface area contributed by atoms with Gasteiger partial charge in [-0.2, -0.15) is 0 Å². The van der Waals surface area contributed by atoms with Crippen LogP contribution in [0.1, 0.15) is 33.1 Å². The van der Waals surface area contributed by atoms with Gasteiger partial charge in [-0.1, -0.05) is 19.1 Å². The molecule has 0 amide bonds. The highest BCUT2D eigenvalue weighted by atomic mass is 16.4. The fraction of sp³-hybridized carbons (Fsp3) is 0.636. The molecular formula is C11H16O4. The average Bonchev–Trinajstić information content (AvgIpc) is 2.18. The summed E-state index contributed by atoms with van der Waals surface area (Å²) in [5.41, 5.74) is -2.38. The van der Waals surface area contributed by atoms with Crippen LogP contribution in [-0.2, 0) is 9.59 Å².